The number of rotatable bonds is 6. The van der Waals surface area contributed by atoms with E-state index in [1.807, 2.05) is 0 Å². The van der Waals surface area contributed by atoms with E-state index >= 15 is 0 Å². The summed E-state index contributed by atoms with van der Waals surface area (Å²) in [6.07, 6.45) is 1.63. The first-order chi connectivity index (χ1) is 10.5. The van der Waals surface area contributed by atoms with Crippen LogP contribution in [0.25, 0.3) is 0 Å². The van der Waals surface area contributed by atoms with Crippen LogP contribution in [-0.2, 0) is 11.3 Å². The van der Waals surface area contributed by atoms with E-state index in [0.717, 1.165) is 5.69 Å². The van der Waals surface area contributed by atoms with E-state index in [0.29, 0.717) is 11.6 Å². The van der Waals surface area contributed by atoms with Crippen molar-refractivity contribution in [3.8, 4) is 5.75 Å². The number of carbonyl (C=O) groups is 1. The number of nitrogens with zero attached hydrogens (tertiary/aromatic N) is 2. The number of nitrogens with one attached hydrogen (secondary N) is 1. The highest BCUT2D eigenvalue weighted by Crippen LogP contribution is 2.25. The number of alkyl halides is 2. The van der Waals surface area contributed by atoms with Gasteiger partial charge in [-0.2, -0.15) is 13.9 Å². The first kappa shape index (κ1) is 16.2. The van der Waals surface area contributed by atoms with Gasteiger partial charge >= 0.3 is 6.61 Å². The molecule has 2 aromatic rings. The highest BCUT2D eigenvalue weighted by Gasteiger charge is 2.12. The number of hydrogen-bond donors (Lipinski definition) is 1. The largest absolute Gasteiger partial charge is 0.433 e. The van der Waals surface area contributed by atoms with Gasteiger partial charge in [-0.05, 0) is 19.1 Å². The van der Waals surface area contributed by atoms with Crippen LogP contribution in [0.2, 0.25) is 5.02 Å². The van der Waals surface area contributed by atoms with Gasteiger partial charge in [-0.15, -0.1) is 0 Å². The number of benzene rings is 1. The number of para-hydroxylation sites is 2. The SMILES string of the molecule is Cc1c(Cl)cnn1CCC(=O)Nc1ccccc1OC(F)F. The predicted molar refractivity (Wildman–Crippen MR) is 78.3 cm³/mol. The van der Waals surface area contributed by atoms with Gasteiger partial charge in [0.2, 0.25) is 5.91 Å². The molecule has 1 aromatic carbocycles. The summed E-state index contributed by atoms with van der Waals surface area (Å²) in [6.45, 7) is -0.826. The molecule has 1 aromatic heterocycles. The zero-order chi connectivity index (χ0) is 16.1. The van der Waals surface area contributed by atoms with Gasteiger partial charge in [0.1, 0.15) is 5.75 Å². The molecule has 0 saturated carbocycles. The molecule has 0 aliphatic rings. The Morgan fingerprint density at radius 2 is 2.18 bits per heavy atom. The third-order valence-electron chi connectivity index (χ3n) is 2.97. The quantitative estimate of drug-likeness (QED) is 0.882. The third kappa shape index (κ3) is 4.17. The topological polar surface area (TPSA) is 56.2 Å². The molecule has 118 valence electrons. The standard InChI is InChI=1S/C14H14ClF2N3O2/c1-9-10(15)8-18-20(9)7-6-13(21)19-11-4-2-3-5-12(11)22-14(16)17/h2-5,8,14H,6-7H2,1H3,(H,19,21). The monoisotopic (exact) mass is 329 g/mol. The second-order valence-corrected chi connectivity index (χ2v) is 4.88. The first-order valence-corrected chi connectivity index (χ1v) is 6.86. The molecule has 0 aliphatic heterocycles. The molecular formula is C14H14ClF2N3O2. The van der Waals surface area contributed by atoms with E-state index in [9.17, 15) is 13.6 Å². The molecule has 8 heteroatoms. The summed E-state index contributed by atoms with van der Waals surface area (Å²) < 4.78 is 30.5. The molecule has 0 atom stereocenters. The lowest BCUT2D eigenvalue weighted by atomic mass is 10.2. The van der Waals surface area contributed by atoms with E-state index < -0.39 is 6.61 Å². The molecule has 0 saturated heterocycles. The van der Waals surface area contributed by atoms with Crippen LogP contribution in [0.5, 0.6) is 5.75 Å². The Hall–Kier alpha value is -2.15. The highest BCUT2D eigenvalue weighted by molar-refractivity contribution is 6.31. The molecule has 0 bridgehead atoms. The fourth-order valence-electron chi connectivity index (χ4n) is 1.84. The summed E-state index contributed by atoms with van der Waals surface area (Å²) in [4.78, 5) is 11.9. The Morgan fingerprint density at radius 3 is 2.82 bits per heavy atom. The summed E-state index contributed by atoms with van der Waals surface area (Å²) in [5.41, 5.74) is 0.957. The smallest absolute Gasteiger partial charge is 0.387 e. The molecule has 1 heterocycles. The number of halogens is 3. The van der Waals surface area contributed by atoms with Crippen LogP contribution in [0, 0.1) is 6.92 Å². The Bertz CT molecular complexity index is 661. The Kier molecular flexibility index (Phi) is 5.32. The number of ether oxygens (including phenoxy) is 1. The van der Waals surface area contributed by atoms with Crippen LogP contribution >= 0.6 is 11.6 Å². The van der Waals surface area contributed by atoms with Crippen molar-refractivity contribution in [1.82, 2.24) is 9.78 Å². The fourth-order valence-corrected chi connectivity index (χ4v) is 1.98. The summed E-state index contributed by atoms with van der Waals surface area (Å²) in [6, 6.07) is 6.01. The van der Waals surface area contributed by atoms with Gasteiger partial charge in [-0.3, -0.25) is 9.48 Å². The number of aryl methyl sites for hydroxylation is 1. The van der Waals surface area contributed by atoms with Crippen molar-refractivity contribution >= 4 is 23.2 Å². The average Bonchev–Trinajstić information content (AvgIpc) is 2.78. The van der Waals surface area contributed by atoms with Gasteiger partial charge in [-0.1, -0.05) is 23.7 Å². The van der Waals surface area contributed by atoms with Crippen LogP contribution in [0.1, 0.15) is 12.1 Å². The second kappa shape index (κ2) is 7.22. The number of carbonyl (C=O) groups excluding carboxylic acids is 1. The fraction of sp³-hybridized carbons (Fsp3) is 0.286. The molecule has 2 rings (SSSR count). The van der Waals surface area contributed by atoms with Crippen LogP contribution in [0.3, 0.4) is 0 Å². The van der Waals surface area contributed by atoms with Gasteiger partial charge < -0.3 is 10.1 Å². The summed E-state index contributed by atoms with van der Waals surface area (Å²) >= 11 is 5.87. The number of hydrogen-bond acceptors (Lipinski definition) is 3. The maximum Gasteiger partial charge on any atom is 0.387 e. The van der Waals surface area contributed by atoms with E-state index in [2.05, 4.69) is 15.2 Å². The van der Waals surface area contributed by atoms with Crippen molar-refractivity contribution in [2.24, 2.45) is 0 Å². The normalized spacial score (nSPS) is 10.8. The minimum Gasteiger partial charge on any atom is -0.433 e. The maximum atomic E-state index is 12.3. The Balaban J connectivity index is 1.96. The lowest BCUT2D eigenvalue weighted by Crippen LogP contribution is -2.16. The molecular weight excluding hydrogens is 316 g/mol. The molecule has 22 heavy (non-hydrogen) atoms. The minimum atomic E-state index is -2.95. The number of amides is 1. The number of anilines is 1. The van der Waals surface area contributed by atoms with Crippen molar-refractivity contribution in [3.05, 3.63) is 41.2 Å². The molecule has 1 amide bonds. The molecule has 0 fully saturated rings. The molecule has 5 nitrogen and oxygen atoms in total. The van der Waals surface area contributed by atoms with Gasteiger partial charge in [0.15, 0.2) is 0 Å². The van der Waals surface area contributed by atoms with E-state index in [1.54, 1.807) is 23.7 Å². The van der Waals surface area contributed by atoms with E-state index in [1.165, 1.54) is 18.3 Å². The van der Waals surface area contributed by atoms with Crippen molar-refractivity contribution in [2.45, 2.75) is 26.5 Å². The lowest BCUT2D eigenvalue weighted by Gasteiger charge is -2.11. The van der Waals surface area contributed by atoms with Gasteiger partial charge in [0.25, 0.3) is 0 Å². The molecule has 0 spiro atoms. The van der Waals surface area contributed by atoms with E-state index in [4.69, 9.17) is 11.6 Å². The van der Waals surface area contributed by atoms with Gasteiger partial charge in [-0.25, -0.2) is 0 Å². The van der Waals surface area contributed by atoms with Crippen LogP contribution in [0.4, 0.5) is 14.5 Å². The van der Waals surface area contributed by atoms with Crippen LogP contribution in [0.15, 0.2) is 30.5 Å². The van der Waals surface area contributed by atoms with Crippen LogP contribution < -0.4 is 10.1 Å². The molecule has 1 N–H and O–H groups in total. The van der Waals surface area contributed by atoms with E-state index in [-0.39, 0.29) is 23.8 Å². The second-order valence-electron chi connectivity index (χ2n) is 4.47. The maximum absolute atomic E-state index is 12.3. The van der Waals surface area contributed by atoms with Crippen molar-refractivity contribution in [1.29, 1.82) is 0 Å². The summed E-state index contributed by atoms with van der Waals surface area (Å²) in [5.74, 6) is -0.416. The number of aromatic nitrogens is 2. The van der Waals surface area contributed by atoms with Crippen molar-refractivity contribution in [3.63, 3.8) is 0 Å². The summed E-state index contributed by atoms with van der Waals surface area (Å²) in [5, 5.41) is 7.10. The zero-order valence-corrected chi connectivity index (χ0v) is 12.5. The Labute approximate surface area is 130 Å². The minimum absolute atomic E-state index is 0.0795. The highest BCUT2D eigenvalue weighted by atomic mass is 35.5. The lowest BCUT2D eigenvalue weighted by molar-refractivity contribution is -0.116. The average molecular weight is 330 g/mol. The first-order valence-electron chi connectivity index (χ1n) is 6.49. The molecule has 0 unspecified atom stereocenters. The Morgan fingerprint density at radius 1 is 1.45 bits per heavy atom. The van der Waals surface area contributed by atoms with Gasteiger partial charge in [0, 0.05) is 6.42 Å². The van der Waals surface area contributed by atoms with Crippen molar-refractivity contribution < 1.29 is 18.3 Å². The third-order valence-corrected chi connectivity index (χ3v) is 3.34. The zero-order valence-electron chi connectivity index (χ0n) is 11.7. The molecule has 0 radical (unpaired) electrons. The van der Waals surface area contributed by atoms with Gasteiger partial charge in [0.05, 0.1) is 29.1 Å². The summed E-state index contributed by atoms with van der Waals surface area (Å²) in [7, 11) is 0. The molecule has 0 aliphatic carbocycles. The van der Waals surface area contributed by atoms with Crippen LogP contribution in [-0.4, -0.2) is 22.3 Å². The van der Waals surface area contributed by atoms with Crippen molar-refractivity contribution in [2.75, 3.05) is 5.32 Å². The predicted octanol–water partition coefficient (Wildman–Crippen LogP) is 3.48.